The van der Waals surface area contributed by atoms with Crippen LogP contribution in [0.25, 0.3) is 0 Å². The maximum atomic E-state index is 13.2. The van der Waals surface area contributed by atoms with Crippen molar-refractivity contribution in [2.45, 2.75) is 17.7 Å². The quantitative estimate of drug-likeness (QED) is 0.817. The molecule has 0 atom stereocenters. The highest BCUT2D eigenvalue weighted by molar-refractivity contribution is 7.93. The highest BCUT2D eigenvalue weighted by Gasteiger charge is 2.32. The molecule has 0 fully saturated rings. The fraction of sp³-hybridized carbons (Fsp3) is 0.312. The minimum absolute atomic E-state index is 0.0186. The van der Waals surface area contributed by atoms with Crippen molar-refractivity contribution < 1.29 is 17.9 Å². The van der Waals surface area contributed by atoms with Crippen molar-refractivity contribution in [3.8, 4) is 11.5 Å². The van der Waals surface area contributed by atoms with Gasteiger partial charge in [-0.3, -0.25) is 9.29 Å². The van der Waals surface area contributed by atoms with Gasteiger partial charge in [0.05, 0.1) is 16.4 Å². The third kappa shape index (κ3) is 2.48. The molecule has 1 aromatic heterocycles. The lowest BCUT2D eigenvalue weighted by Gasteiger charge is -2.30. The van der Waals surface area contributed by atoms with Crippen molar-refractivity contribution in [1.29, 1.82) is 0 Å². The summed E-state index contributed by atoms with van der Waals surface area (Å²) in [5.41, 5.74) is 1.38. The zero-order valence-corrected chi connectivity index (χ0v) is 14.3. The number of fused-ring (bicyclic) bond motifs is 2. The summed E-state index contributed by atoms with van der Waals surface area (Å²) in [4.78, 5) is 4.30. The minimum atomic E-state index is -3.81. The fourth-order valence-corrected chi connectivity index (χ4v) is 5.01. The summed E-state index contributed by atoms with van der Waals surface area (Å²) in [6.45, 7) is 1.19. The number of nitrogens with zero attached hydrogens (tertiary/aromatic N) is 2. The van der Waals surface area contributed by atoms with E-state index in [-0.39, 0.29) is 9.92 Å². The predicted octanol–water partition coefficient (Wildman–Crippen LogP) is 2.65. The van der Waals surface area contributed by atoms with E-state index >= 15 is 0 Å². The largest absolute Gasteiger partial charge is 0.486 e. The number of aryl methyl sites for hydroxylation is 1. The Hall–Kier alpha value is -1.99. The summed E-state index contributed by atoms with van der Waals surface area (Å²) in [5, 5.41) is 0.121. The zero-order valence-electron chi connectivity index (χ0n) is 12.7. The van der Waals surface area contributed by atoms with Gasteiger partial charge in [-0.2, -0.15) is 0 Å². The Labute approximate surface area is 145 Å². The molecule has 24 heavy (non-hydrogen) atoms. The molecule has 0 amide bonds. The summed E-state index contributed by atoms with van der Waals surface area (Å²) in [6, 6.07) is 6.44. The summed E-state index contributed by atoms with van der Waals surface area (Å²) in [7, 11) is -3.81. The monoisotopic (exact) mass is 366 g/mol. The van der Waals surface area contributed by atoms with E-state index in [9.17, 15) is 8.42 Å². The van der Waals surface area contributed by atoms with E-state index in [1.54, 1.807) is 18.3 Å². The Balaban J connectivity index is 1.82. The van der Waals surface area contributed by atoms with Crippen molar-refractivity contribution >= 4 is 27.3 Å². The molecule has 0 saturated carbocycles. The van der Waals surface area contributed by atoms with Crippen molar-refractivity contribution in [3.05, 3.63) is 41.2 Å². The van der Waals surface area contributed by atoms with Gasteiger partial charge in [-0.1, -0.05) is 11.6 Å². The maximum Gasteiger partial charge on any atom is 0.266 e. The molecule has 0 radical (unpaired) electrons. The Kier molecular flexibility index (Phi) is 3.77. The molecule has 126 valence electrons. The molecule has 4 rings (SSSR count). The molecule has 2 aliphatic heterocycles. The SMILES string of the molecule is O=S(=O)(c1cc2c(cc1Cl)OCCO2)N1CCCc2ncccc21. The maximum absolute atomic E-state index is 13.2. The molecule has 0 bridgehead atoms. The van der Waals surface area contributed by atoms with E-state index in [2.05, 4.69) is 4.98 Å². The van der Waals surface area contributed by atoms with Crippen LogP contribution in [-0.4, -0.2) is 33.2 Å². The molecule has 3 heterocycles. The van der Waals surface area contributed by atoms with Crippen molar-refractivity contribution in [2.75, 3.05) is 24.1 Å². The van der Waals surface area contributed by atoms with E-state index < -0.39 is 10.0 Å². The molecular formula is C16H15ClN2O4S. The third-order valence-corrected chi connectivity index (χ3v) is 6.35. The molecule has 2 aromatic rings. The van der Waals surface area contributed by atoms with Gasteiger partial charge in [-0.05, 0) is 25.0 Å². The van der Waals surface area contributed by atoms with Gasteiger partial charge in [0.2, 0.25) is 0 Å². The number of anilines is 1. The first kappa shape index (κ1) is 15.5. The van der Waals surface area contributed by atoms with Crippen LogP contribution in [0.1, 0.15) is 12.1 Å². The van der Waals surface area contributed by atoms with E-state index in [1.807, 2.05) is 0 Å². The van der Waals surface area contributed by atoms with E-state index in [0.29, 0.717) is 43.4 Å². The molecule has 0 aliphatic carbocycles. The summed E-state index contributed by atoms with van der Waals surface area (Å²) >= 11 is 6.24. The first-order chi connectivity index (χ1) is 11.6. The number of rotatable bonds is 2. The van der Waals surface area contributed by atoms with Crippen LogP contribution in [0.15, 0.2) is 35.4 Å². The van der Waals surface area contributed by atoms with Crippen molar-refractivity contribution in [1.82, 2.24) is 4.98 Å². The highest BCUT2D eigenvalue weighted by atomic mass is 35.5. The van der Waals surface area contributed by atoms with Crippen molar-refractivity contribution in [3.63, 3.8) is 0 Å². The molecule has 0 N–H and O–H groups in total. The number of sulfonamides is 1. The van der Waals surface area contributed by atoms with Crippen LogP contribution in [0.4, 0.5) is 5.69 Å². The smallest absolute Gasteiger partial charge is 0.266 e. The van der Waals surface area contributed by atoms with Gasteiger partial charge in [0, 0.05) is 24.9 Å². The van der Waals surface area contributed by atoms with Crippen LogP contribution < -0.4 is 13.8 Å². The Morgan fingerprint density at radius 1 is 1.17 bits per heavy atom. The first-order valence-electron chi connectivity index (χ1n) is 7.63. The van der Waals surface area contributed by atoms with Gasteiger partial charge in [0.25, 0.3) is 10.0 Å². The minimum Gasteiger partial charge on any atom is -0.486 e. The predicted molar refractivity (Wildman–Crippen MR) is 89.5 cm³/mol. The van der Waals surface area contributed by atoms with Crippen LogP contribution >= 0.6 is 11.6 Å². The van der Waals surface area contributed by atoms with Gasteiger partial charge in [-0.15, -0.1) is 0 Å². The van der Waals surface area contributed by atoms with E-state index in [1.165, 1.54) is 16.4 Å². The molecule has 2 aliphatic rings. The van der Waals surface area contributed by atoms with Crippen LogP contribution in [0, 0.1) is 0 Å². The Morgan fingerprint density at radius 2 is 1.92 bits per heavy atom. The average molecular weight is 367 g/mol. The number of hydrogen-bond donors (Lipinski definition) is 0. The molecule has 0 unspecified atom stereocenters. The van der Waals surface area contributed by atoms with Gasteiger partial charge < -0.3 is 9.47 Å². The van der Waals surface area contributed by atoms with Crippen LogP contribution in [-0.2, 0) is 16.4 Å². The van der Waals surface area contributed by atoms with Crippen LogP contribution in [0.3, 0.4) is 0 Å². The number of aromatic nitrogens is 1. The first-order valence-corrected chi connectivity index (χ1v) is 9.45. The summed E-state index contributed by atoms with van der Waals surface area (Å²) in [6.07, 6.45) is 3.15. The van der Waals surface area contributed by atoms with E-state index in [0.717, 1.165) is 12.1 Å². The molecule has 6 nitrogen and oxygen atoms in total. The lowest BCUT2D eigenvalue weighted by atomic mass is 10.1. The van der Waals surface area contributed by atoms with Gasteiger partial charge in [-0.25, -0.2) is 8.42 Å². The second-order valence-corrected chi connectivity index (χ2v) is 7.81. The second kappa shape index (κ2) is 5.82. The standard InChI is InChI=1S/C16H15ClN2O4S/c17-11-9-14-15(23-8-7-22-14)10-16(11)24(20,21)19-6-2-3-12-13(19)4-1-5-18-12/h1,4-5,9-10H,2-3,6-8H2. The number of hydrogen-bond acceptors (Lipinski definition) is 5. The van der Waals surface area contributed by atoms with Gasteiger partial charge in [0.1, 0.15) is 18.1 Å². The summed E-state index contributed by atoms with van der Waals surface area (Å²) in [5.74, 6) is 0.860. The number of halogens is 1. The Bertz CT molecular complexity index is 901. The number of pyridine rings is 1. The Morgan fingerprint density at radius 3 is 2.71 bits per heavy atom. The lowest BCUT2D eigenvalue weighted by molar-refractivity contribution is 0.171. The zero-order chi connectivity index (χ0) is 16.7. The number of ether oxygens (including phenoxy) is 2. The topological polar surface area (TPSA) is 68.7 Å². The molecule has 8 heteroatoms. The second-order valence-electron chi connectivity index (χ2n) is 5.58. The summed E-state index contributed by atoms with van der Waals surface area (Å²) < 4.78 is 38.7. The normalized spacial score (nSPS) is 16.6. The van der Waals surface area contributed by atoms with Crippen molar-refractivity contribution in [2.24, 2.45) is 0 Å². The van der Waals surface area contributed by atoms with Gasteiger partial charge in [0.15, 0.2) is 11.5 Å². The number of benzene rings is 1. The average Bonchev–Trinajstić information content (AvgIpc) is 2.60. The molecule has 1 aromatic carbocycles. The van der Waals surface area contributed by atoms with Crippen LogP contribution in [0.2, 0.25) is 5.02 Å². The van der Waals surface area contributed by atoms with Gasteiger partial charge >= 0.3 is 0 Å². The van der Waals surface area contributed by atoms with E-state index in [4.69, 9.17) is 21.1 Å². The molecular weight excluding hydrogens is 352 g/mol. The molecule has 0 saturated heterocycles. The fourth-order valence-electron chi connectivity index (χ4n) is 2.97. The lowest BCUT2D eigenvalue weighted by Crippen LogP contribution is -2.36. The molecule has 0 spiro atoms. The third-order valence-electron chi connectivity index (χ3n) is 4.07. The highest BCUT2D eigenvalue weighted by Crippen LogP contribution is 2.40. The van der Waals surface area contributed by atoms with Crippen LogP contribution in [0.5, 0.6) is 11.5 Å².